The molecule has 3 rings (SSSR count). The highest BCUT2D eigenvalue weighted by Gasteiger charge is 2.30. The van der Waals surface area contributed by atoms with Gasteiger partial charge in [-0.2, -0.15) is 0 Å². The number of hydrogen-bond acceptors (Lipinski definition) is 4. The van der Waals surface area contributed by atoms with Gasteiger partial charge in [-0.15, -0.1) is 0 Å². The second kappa shape index (κ2) is 9.37. The number of carboxylic acid groups (broad SMARTS) is 1. The predicted molar refractivity (Wildman–Crippen MR) is 106 cm³/mol. The number of carbonyl (C=O) groups excluding carboxylic acids is 1. The van der Waals surface area contributed by atoms with E-state index in [1.165, 1.54) is 10.5 Å². The molecule has 1 heterocycles. The molecular weight excluding hydrogens is 356 g/mol. The molecule has 148 valence electrons. The lowest BCUT2D eigenvalue weighted by Crippen LogP contribution is -2.55. The fraction of sp³-hybridized carbons (Fsp3) is 0.364. The fourth-order valence-electron chi connectivity index (χ4n) is 3.59. The van der Waals surface area contributed by atoms with Gasteiger partial charge in [0, 0.05) is 26.2 Å². The number of benzene rings is 2. The number of amides is 1. The van der Waals surface area contributed by atoms with Crippen molar-refractivity contribution in [2.45, 2.75) is 25.9 Å². The second-order valence-electron chi connectivity index (χ2n) is 6.97. The predicted octanol–water partition coefficient (Wildman–Crippen LogP) is 3.27. The highest BCUT2D eigenvalue weighted by Crippen LogP contribution is 2.18. The van der Waals surface area contributed by atoms with E-state index in [9.17, 15) is 14.7 Å². The summed E-state index contributed by atoms with van der Waals surface area (Å²) >= 11 is 0. The molecule has 0 saturated carbocycles. The largest absolute Gasteiger partial charge is 0.465 e. The number of nitrogens with zero attached hydrogens (tertiary/aromatic N) is 2. The van der Waals surface area contributed by atoms with E-state index in [1.807, 2.05) is 30.3 Å². The lowest BCUT2D eigenvalue weighted by atomic mass is 10.0. The van der Waals surface area contributed by atoms with E-state index in [-0.39, 0.29) is 12.0 Å². The summed E-state index contributed by atoms with van der Waals surface area (Å²) in [5.41, 5.74) is 2.74. The van der Waals surface area contributed by atoms with Gasteiger partial charge in [0.2, 0.25) is 0 Å². The molecule has 6 nitrogen and oxygen atoms in total. The molecule has 1 atom stereocenters. The summed E-state index contributed by atoms with van der Waals surface area (Å²) in [6.45, 7) is 4.82. The molecular formula is C22H26N2O4. The maximum atomic E-state index is 11.8. The third kappa shape index (κ3) is 5.10. The monoisotopic (exact) mass is 382 g/mol. The molecule has 1 amide bonds. The normalized spacial score (nSPS) is 17.3. The maximum absolute atomic E-state index is 11.8. The zero-order chi connectivity index (χ0) is 19.9. The third-order valence-corrected chi connectivity index (χ3v) is 5.00. The molecule has 0 unspecified atom stereocenters. The van der Waals surface area contributed by atoms with E-state index in [0.717, 1.165) is 18.7 Å². The van der Waals surface area contributed by atoms with Crippen molar-refractivity contribution in [2.75, 3.05) is 26.2 Å². The number of carbonyl (C=O) groups is 2. The quantitative estimate of drug-likeness (QED) is 0.777. The number of ether oxygens (including phenoxy) is 1. The summed E-state index contributed by atoms with van der Waals surface area (Å²) in [5.74, 6) is -0.340. The van der Waals surface area contributed by atoms with Crippen molar-refractivity contribution >= 4 is 12.1 Å². The van der Waals surface area contributed by atoms with E-state index < -0.39 is 6.09 Å². The van der Waals surface area contributed by atoms with Gasteiger partial charge in [-0.1, -0.05) is 42.5 Å². The Kier molecular flexibility index (Phi) is 6.66. The first kappa shape index (κ1) is 19.9. The van der Waals surface area contributed by atoms with E-state index in [0.29, 0.717) is 31.7 Å². The molecule has 1 aliphatic rings. The van der Waals surface area contributed by atoms with Crippen molar-refractivity contribution in [3.8, 4) is 0 Å². The standard InChI is InChI=1S/C22H26N2O4/c1-2-28-21(25)19-10-8-17(9-11-19)14-20-16-23(12-13-24(20)22(26)27)15-18-6-4-3-5-7-18/h3-11,20H,2,12-16H2,1H3,(H,26,27)/t20-/m1/s1. The Labute approximate surface area is 165 Å². The van der Waals surface area contributed by atoms with Gasteiger partial charge in [0.25, 0.3) is 0 Å². The van der Waals surface area contributed by atoms with E-state index in [4.69, 9.17) is 4.74 Å². The summed E-state index contributed by atoms with van der Waals surface area (Å²) in [4.78, 5) is 27.3. The van der Waals surface area contributed by atoms with E-state index in [1.54, 1.807) is 19.1 Å². The average Bonchev–Trinajstić information content (AvgIpc) is 2.69. The number of hydrogen-bond donors (Lipinski definition) is 1. The average molecular weight is 382 g/mol. The van der Waals surface area contributed by atoms with Gasteiger partial charge in [0.1, 0.15) is 0 Å². The Hall–Kier alpha value is -2.86. The number of esters is 1. The van der Waals surface area contributed by atoms with Crippen LogP contribution in [0.4, 0.5) is 4.79 Å². The van der Waals surface area contributed by atoms with Crippen molar-refractivity contribution in [3.63, 3.8) is 0 Å². The second-order valence-corrected chi connectivity index (χ2v) is 6.97. The molecule has 0 aromatic heterocycles. The molecule has 1 N–H and O–H groups in total. The van der Waals surface area contributed by atoms with Crippen LogP contribution in [-0.2, 0) is 17.7 Å². The third-order valence-electron chi connectivity index (χ3n) is 5.00. The number of piperazine rings is 1. The molecule has 0 radical (unpaired) electrons. The molecule has 1 fully saturated rings. The molecule has 0 bridgehead atoms. The SMILES string of the molecule is CCOC(=O)c1ccc(C[C@@H]2CN(Cc3ccccc3)CCN2C(=O)O)cc1. The minimum absolute atomic E-state index is 0.122. The minimum atomic E-state index is -0.882. The summed E-state index contributed by atoms with van der Waals surface area (Å²) in [6.07, 6.45) is -0.270. The van der Waals surface area contributed by atoms with Crippen molar-refractivity contribution in [1.29, 1.82) is 0 Å². The zero-order valence-corrected chi connectivity index (χ0v) is 16.1. The van der Waals surface area contributed by atoms with Crippen molar-refractivity contribution in [3.05, 3.63) is 71.3 Å². The maximum Gasteiger partial charge on any atom is 0.407 e. The Morgan fingerprint density at radius 3 is 2.39 bits per heavy atom. The lowest BCUT2D eigenvalue weighted by molar-refractivity contribution is 0.0526. The van der Waals surface area contributed by atoms with Crippen molar-refractivity contribution in [1.82, 2.24) is 9.80 Å². The Morgan fingerprint density at radius 2 is 1.75 bits per heavy atom. The zero-order valence-electron chi connectivity index (χ0n) is 16.1. The molecule has 2 aromatic carbocycles. The van der Waals surface area contributed by atoms with E-state index >= 15 is 0 Å². The van der Waals surface area contributed by atoms with Crippen LogP contribution in [0.15, 0.2) is 54.6 Å². The summed E-state index contributed by atoms with van der Waals surface area (Å²) < 4.78 is 5.01. The first-order valence-electron chi connectivity index (χ1n) is 9.58. The highest BCUT2D eigenvalue weighted by molar-refractivity contribution is 5.89. The van der Waals surface area contributed by atoms with Crippen LogP contribution >= 0.6 is 0 Å². The van der Waals surface area contributed by atoms with Crippen LogP contribution < -0.4 is 0 Å². The van der Waals surface area contributed by atoms with Crippen LogP contribution in [0.5, 0.6) is 0 Å². The van der Waals surface area contributed by atoms with Crippen LogP contribution in [-0.4, -0.2) is 59.3 Å². The molecule has 2 aromatic rings. The van der Waals surface area contributed by atoms with Crippen LogP contribution in [0.25, 0.3) is 0 Å². The lowest BCUT2D eigenvalue weighted by Gasteiger charge is -2.40. The molecule has 6 heteroatoms. The summed E-state index contributed by atoms with van der Waals surface area (Å²) in [6, 6.07) is 17.3. The fourth-order valence-corrected chi connectivity index (χ4v) is 3.59. The van der Waals surface area contributed by atoms with Gasteiger partial charge >= 0.3 is 12.1 Å². The molecule has 28 heavy (non-hydrogen) atoms. The Balaban J connectivity index is 1.67. The van der Waals surface area contributed by atoms with Gasteiger partial charge in [0.05, 0.1) is 18.2 Å². The van der Waals surface area contributed by atoms with Crippen LogP contribution in [0.1, 0.15) is 28.4 Å². The van der Waals surface area contributed by atoms with Gasteiger partial charge in [-0.3, -0.25) is 4.90 Å². The Morgan fingerprint density at radius 1 is 1.04 bits per heavy atom. The van der Waals surface area contributed by atoms with Gasteiger partial charge in [0.15, 0.2) is 0 Å². The first-order valence-corrected chi connectivity index (χ1v) is 9.58. The number of rotatable bonds is 6. The smallest absolute Gasteiger partial charge is 0.407 e. The minimum Gasteiger partial charge on any atom is -0.465 e. The molecule has 1 aliphatic heterocycles. The van der Waals surface area contributed by atoms with Gasteiger partial charge < -0.3 is 14.7 Å². The van der Waals surface area contributed by atoms with Crippen molar-refractivity contribution < 1.29 is 19.4 Å². The summed E-state index contributed by atoms with van der Waals surface area (Å²) in [7, 11) is 0. The van der Waals surface area contributed by atoms with Crippen LogP contribution in [0, 0.1) is 0 Å². The molecule has 1 saturated heterocycles. The van der Waals surface area contributed by atoms with Crippen LogP contribution in [0.3, 0.4) is 0 Å². The van der Waals surface area contributed by atoms with Gasteiger partial charge in [-0.25, -0.2) is 9.59 Å². The Bertz CT molecular complexity index is 792. The summed E-state index contributed by atoms with van der Waals surface area (Å²) in [5, 5.41) is 9.58. The van der Waals surface area contributed by atoms with Crippen molar-refractivity contribution in [2.24, 2.45) is 0 Å². The molecule has 0 spiro atoms. The topological polar surface area (TPSA) is 70.1 Å². The van der Waals surface area contributed by atoms with Crippen LogP contribution in [0.2, 0.25) is 0 Å². The highest BCUT2D eigenvalue weighted by atomic mass is 16.5. The first-order chi connectivity index (χ1) is 13.6. The van der Waals surface area contributed by atoms with Gasteiger partial charge in [-0.05, 0) is 36.6 Å². The van der Waals surface area contributed by atoms with E-state index in [2.05, 4.69) is 17.0 Å². The molecule has 0 aliphatic carbocycles.